The van der Waals surface area contributed by atoms with E-state index in [4.69, 9.17) is 10.4 Å². The molecule has 0 bridgehead atoms. The number of nitriles is 1. The van der Waals surface area contributed by atoms with Crippen LogP contribution in [0.5, 0.6) is 0 Å². The normalized spacial score (nSPS) is 34.2. The molecule has 3 N–H and O–H groups in total. The zero-order valence-corrected chi connectivity index (χ0v) is 6.40. The highest BCUT2D eigenvalue weighted by Gasteiger charge is 2.33. The lowest BCUT2D eigenvalue weighted by Gasteiger charge is -2.12. The molecule has 0 aliphatic heterocycles. The zero-order valence-electron chi connectivity index (χ0n) is 6.40. The van der Waals surface area contributed by atoms with Gasteiger partial charge in [-0.25, -0.2) is 4.79 Å². The fourth-order valence-corrected chi connectivity index (χ4v) is 1.43. The molecule has 0 aromatic carbocycles. The van der Waals surface area contributed by atoms with Gasteiger partial charge in [-0.2, -0.15) is 5.26 Å². The molecule has 1 amide bonds. The molecule has 1 rings (SSSR count). The molecule has 12 heavy (non-hydrogen) atoms. The van der Waals surface area contributed by atoms with Crippen LogP contribution in [0.25, 0.3) is 0 Å². The summed E-state index contributed by atoms with van der Waals surface area (Å²) in [6, 6.07) is 1.53. The quantitative estimate of drug-likeness (QED) is 0.513. The maximum absolute atomic E-state index is 10.2. The molecule has 0 radical (unpaired) electrons. The minimum Gasteiger partial charge on any atom is -0.465 e. The molecule has 5 nitrogen and oxygen atoms in total. The van der Waals surface area contributed by atoms with Crippen molar-refractivity contribution in [3.05, 3.63) is 0 Å². The zero-order chi connectivity index (χ0) is 9.14. The van der Waals surface area contributed by atoms with Gasteiger partial charge in [-0.1, -0.05) is 0 Å². The Morgan fingerprint density at radius 3 is 2.67 bits per heavy atom. The summed E-state index contributed by atoms with van der Waals surface area (Å²) < 4.78 is 0. The number of hydrogen-bond acceptors (Lipinski definition) is 3. The van der Waals surface area contributed by atoms with Crippen LogP contribution in [0, 0.1) is 17.2 Å². The number of aliphatic hydroxyl groups is 1. The highest BCUT2D eigenvalue weighted by molar-refractivity contribution is 5.65. The Kier molecular flexibility index (Phi) is 2.51. The summed E-state index contributed by atoms with van der Waals surface area (Å²) in [6.45, 7) is 0. The SMILES string of the molecule is N#C[C@H]1C[C@@H](O)[C@H](NC(=O)O)C1. The van der Waals surface area contributed by atoms with E-state index in [0.29, 0.717) is 12.8 Å². The van der Waals surface area contributed by atoms with Crippen LogP contribution < -0.4 is 5.32 Å². The molecule has 1 aliphatic rings. The van der Waals surface area contributed by atoms with E-state index in [1.807, 2.05) is 6.07 Å². The summed E-state index contributed by atoms with van der Waals surface area (Å²) in [5, 5.41) is 28.3. The van der Waals surface area contributed by atoms with E-state index in [2.05, 4.69) is 5.32 Å². The molecule has 5 heteroatoms. The fourth-order valence-electron chi connectivity index (χ4n) is 1.43. The van der Waals surface area contributed by atoms with Crippen LogP contribution in [0.4, 0.5) is 4.79 Å². The lowest BCUT2D eigenvalue weighted by molar-refractivity contribution is 0.137. The number of amides is 1. The van der Waals surface area contributed by atoms with Crippen LogP contribution in [-0.4, -0.2) is 28.5 Å². The van der Waals surface area contributed by atoms with Crippen molar-refractivity contribution in [3.8, 4) is 6.07 Å². The van der Waals surface area contributed by atoms with Gasteiger partial charge in [0.2, 0.25) is 0 Å². The number of aliphatic hydroxyl groups excluding tert-OH is 1. The van der Waals surface area contributed by atoms with Gasteiger partial charge in [-0.3, -0.25) is 0 Å². The van der Waals surface area contributed by atoms with Crippen LogP contribution in [0.2, 0.25) is 0 Å². The first kappa shape index (κ1) is 8.81. The smallest absolute Gasteiger partial charge is 0.404 e. The minimum atomic E-state index is -1.15. The Labute approximate surface area is 69.6 Å². The second-order valence-corrected chi connectivity index (χ2v) is 2.92. The molecule has 0 aromatic rings. The summed E-state index contributed by atoms with van der Waals surface area (Å²) in [5.41, 5.74) is 0. The van der Waals surface area contributed by atoms with Crippen LogP contribution in [0.1, 0.15) is 12.8 Å². The largest absolute Gasteiger partial charge is 0.465 e. The Morgan fingerprint density at radius 2 is 2.25 bits per heavy atom. The van der Waals surface area contributed by atoms with Crippen molar-refractivity contribution >= 4 is 6.09 Å². The second kappa shape index (κ2) is 3.41. The maximum Gasteiger partial charge on any atom is 0.404 e. The predicted octanol–water partition coefficient (Wildman–Crippen LogP) is -0.0829. The third-order valence-electron chi connectivity index (χ3n) is 2.02. The average Bonchev–Trinajstić information content (AvgIpc) is 2.31. The molecule has 1 aliphatic carbocycles. The number of carboxylic acid groups (broad SMARTS) is 1. The van der Waals surface area contributed by atoms with Crippen molar-refractivity contribution in [1.82, 2.24) is 5.32 Å². The van der Waals surface area contributed by atoms with E-state index in [0.717, 1.165) is 0 Å². The summed E-state index contributed by atoms with van der Waals surface area (Å²) in [7, 11) is 0. The van der Waals surface area contributed by atoms with Gasteiger partial charge in [0.05, 0.1) is 24.1 Å². The molecule has 0 heterocycles. The first-order valence-corrected chi connectivity index (χ1v) is 3.70. The van der Waals surface area contributed by atoms with E-state index < -0.39 is 18.2 Å². The topological polar surface area (TPSA) is 93.4 Å². The summed E-state index contributed by atoms with van der Waals surface area (Å²) in [4.78, 5) is 10.2. The first-order chi connectivity index (χ1) is 5.63. The van der Waals surface area contributed by atoms with Crippen molar-refractivity contribution in [2.45, 2.75) is 25.0 Å². The standard InChI is InChI=1S/C7H10N2O3/c8-3-4-1-5(6(10)2-4)9-7(11)12/h4-6,9-10H,1-2H2,(H,11,12)/t4-,5-,6-/m1/s1. The van der Waals surface area contributed by atoms with E-state index >= 15 is 0 Å². The van der Waals surface area contributed by atoms with E-state index in [-0.39, 0.29) is 5.92 Å². The van der Waals surface area contributed by atoms with E-state index in [9.17, 15) is 9.90 Å². The molecular formula is C7H10N2O3. The third-order valence-corrected chi connectivity index (χ3v) is 2.02. The van der Waals surface area contributed by atoms with E-state index in [1.54, 1.807) is 0 Å². The molecule has 0 saturated heterocycles. The second-order valence-electron chi connectivity index (χ2n) is 2.92. The molecule has 1 fully saturated rings. The van der Waals surface area contributed by atoms with Gasteiger partial charge in [0.25, 0.3) is 0 Å². The Balaban J connectivity index is 2.47. The monoisotopic (exact) mass is 170 g/mol. The third kappa shape index (κ3) is 1.86. The number of carbonyl (C=O) groups is 1. The van der Waals surface area contributed by atoms with Gasteiger partial charge in [0.15, 0.2) is 0 Å². The van der Waals surface area contributed by atoms with Crippen LogP contribution >= 0.6 is 0 Å². The highest BCUT2D eigenvalue weighted by Crippen LogP contribution is 2.25. The number of nitrogens with one attached hydrogen (secondary N) is 1. The number of nitrogens with zero attached hydrogens (tertiary/aromatic N) is 1. The van der Waals surface area contributed by atoms with Crippen LogP contribution in [0.3, 0.4) is 0 Å². The van der Waals surface area contributed by atoms with Crippen LogP contribution in [0.15, 0.2) is 0 Å². The van der Waals surface area contributed by atoms with Crippen molar-refractivity contribution in [2.24, 2.45) is 5.92 Å². The molecule has 0 spiro atoms. The number of hydrogen-bond donors (Lipinski definition) is 3. The molecule has 66 valence electrons. The van der Waals surface area contributed by atoms with Crippen molar-refractivity contribution in [3.63, 3.8) is 0 Å². The van der Waals surface area contributed by atoms with Gasteiger partial charge in [0.1, 0.15) is 0 Å². The molecular weight excluding hydrogens is 160 g/mol. The van der Waals surface area contributed by atoms with Crippen molar-refractivity contribution in [2.75, 3.05) is 0 Å². The predicted molar refractivity (Wildman–Crippen MR) is 39.3 cm³/mol. The van der Waals surface area contributed by atoms with Gasteiger partial charge >= 0.3 is 6.09 Å². The molecule has 0 unspecified atom stereocenters. The maximum atomic E-state index is 10.2. The van der Waals surface area contributed by atoms with Gasteiger partial charge < -0.3 is 15.5 Å². The molecule has 1 saturated carbocycles. The van der Waals surface area contributed by atoms with E-state index in [1.165, 1.54) is 0 Å². The lowest BCUT2D eigenvalue weighted by atomic mass is 10.1. The highest BCUT2D eigenvalue weighted by atomic mass is 16.4. The van der Waals surface area contributed by atoms with Gasteiger partial charge in [-0.15, -0.1) is 0 Å². The van der Waals surface area contributed by atoms with Gasteiger partial charge in [0, 0.05) is 0 Å². The molecule has 0 aromatic heterocycles. The Morgan fingerprint density at radius 1 is 1.58 bits per heavy atom. The molecule has 3 atom stereocenters. The Bertz CT molecular complexity index is 223. The number of rotatable bonds is 1. The fraction of sp³-hybridized carbons (Fsp3) is 0.714. The first-order valence-electron chi connectivity index (χ1n) is 3.70. The van der Waals surface area contributed by atoms with Crippen LogP contribution in [-0.2, 0) is 0 Å². The summed E-state index contributed by atoms with van der Waals surface area (Å²) in [5.74, 6) is -0.225. The minimum absolute atomic E-state index is 0.225. The summed E-state index contributed by atoms with van der Waals surface area (Å²) in [6.07, 6.45) is -1.10. The van der Waals surface area contributed by atoms with Crippen molar-refractivity contribution < 1.29 is 15.0 Å². The Hall–Kier alpha value is -1.28. The van der Waals surface area contributed by atoms with Gasteiger partial charge in [-0.05, 0) is 12.8 Å². The van der Waals surface area contributed by atoms with Crippen molar-refractivity contribution in [1.29, 1.82) is 5.26 Å². The average molecular weight is 170 g/mol. The lowest BCUT2D eigenvalue weighted by Crippen LogP contribution is -2.38. The summed E-state index contributed by atoms with van der Waals surface area (Å²) >= 11 is 0.